The Bertz CT molecular complexity index is 1400. The van der Waals surface area contributed by atoms with Crippen LogP contribution in [0, 0.1) is 12.8 Å². The third kappa shape index (κ3) is 11.0. The minimum Gasteiger partial charge on any atom is -0.548 e. The Morgan fingerprint density at radius 2 is 1.67 bits per heavy atom. The number of carbonyl (C=O) groups excluding carboxylic acids is 3. The van der Waals surface area contributed by atoms with E-state index in [0.717, 1.165) is 40.7 Å². The van der Waals surface area contributed by atoms with Crippen molar-refractivity contribution in [1.82, 2.24) is 10.2 Å². The molecule has 0 spiro atoms. The molecule has 0 unspecified atom stereocenters. The van der Waals surface area contributed by atoms with Crippen LogP contribution >= 0.6 is 11.8 Å². The minimum absolute atomic E-state index is 0. The SMILES string of the molecule is CSCC[C@H](NC(=O)c1ccc(CCN(CC2CCCCC2)C(=O)OCc2ccccc2)cc1-c1ccccc1C)C(=O)[O-].[Li+]. The van der Waals surface area contributed by atoms with Crippen molar-refractivity contribution >= 4 is 29.7 Å². The molecule has 1 saturated carbocycles. The number of carboxylic acid groups (broad SMARTS) is 1. The van der Waals surface area contributed by atoms with Gasteiger partial charge in [-0.3, -0.25) is 4.79 Å². The molecule has 0 aromatic heterocycles. The number of hydrogen-bond acceptors (Lipinski definition) is 6. The fourth-order valence-corrected chi connectivity index (χ4v) is 6.25. The Kier molecular flexibility index (Phi) is 15.1. The predicted molar refractivity (Wildman–Crippen MR) is 174 cm³/mol. The molecule has 3 aromatic rings. The average molecular weight is 623 g/mol. The van der Waals surface area contributed by atoms with E-state index in [1.165, 1.54) is 31.0 Å². The second-order valence-corrected chi connectivity index (χ2v) is 12.5. The Hall–Kier alpha value is -3.18. The monoisotopic (exact) mass is 622 g/mol. The maximum atomic E-state index is 13.4. The van der Waals surface area contributed by atoms with Crippen molar-refractivity contribution in [3.05, 3.63) is 95.1 Å². The van der Waals surface area contributed by atoms with E-state index in [1.54, 1.807) is 6.07 Å². The van der Waals surface area contributed by atoms with Gasteiger partial charge in [0.2, 0.25) is 0 Å². The summed E-state index contributed by atoms with van der Waals surface area (Å²) in [5.41, 5.74) is 4.95. The van der Waals surface area contributed by atoms with E-state index in [2.05, 4.69) is 5.32 Å². The first-order chi connectivity index (χ1) is 21.4. The number of thioether (sulfide) groups is 1. The molecule has 4 rings (SSSR count). The topological polar surface area (TPSA) is 98.8 Å². The van der Waals surface area contributed by atoms with Crippen LogP contribution in [0.2, 0.25) is 0 Å². The number of ether oxygens (including phenoxy) is 1. The second-order valence-electron chi connectivity index (χ2n) is 11.6. The van der Waals surface area contributed by atoms with Crippen molar-refractivity contribution in [2.45, 2.75) is 64.5 Å². The molecule has 9 heteroatoms. The van der Waals surface area contributed by atoms with Gasteiger partial charge in [0, 0.05) is 18.7 Å². The summed E-state index contributed by atoms with van der Waals surface area (Å²) >= 11 is 1.52. The summed E-state index contributed by atoms with van der Waals surface area (Å²) in [5.74, 6) is -0.690. The number of amides is 2. The number of hydrogen-bond donors (Lipinski definition) is 1. The molecular formula is C36H43LiN2O5S. The number of aliphatic carboxylic acids is 1. The smallest absolute Gasteiger partial charge is 0.548 e. The van der Waals surface area contributed by atoms with Crippen LogP contribution in [0.5, 0.6) is 0 Å². The molecule has 0 radical (unpaired) electrons. The first kappa shape index (κ1) is 36.3. The van der Waals surface area contributed by atoms with Crippen LogP contribution in [0.3, 0.4) is 0 Å². The molecule has 1 atom stereocenters. The molecule has 0 aliphatic heterocycles. The Morgan fingerprint density at radius 1 is 0.956 bits per heavy atom. The van der Waals surface area contributed by atoms with Crippen molar-refractivity contribution in [3.63, 3.8) is 0 Å². The maximum Gasteiger partial charge on any atom is 1.00 e. The van der Waals surface area contributed by atoms with E-state index in [1.807, 2.05) is 84.8 Å². The molecule has 0 bridgehead atoms. The van der Waals surface area contributed by atoms with Crippen LogP contribution in [-0.2, 0) is 22.6 Å². The van der Waals surface area contributed by atoms with Gasteiger partial charge in [0.25, 0.3) is 5.91 Å². The summed E-state index contributed by atoms with van der Waals surface area (Å²) in [7, 11) is 0. The Balaban J connectivity index is 0.00000552. The van der Waals surface area contributed by atoms with Crippen molar-refractivity contribution in [2.75, 3.05) is 25.1 Å². The summed E-state index contributed by atoms with van der Waals surface area (Å²) < 4.78 is 5.74. The first-order valence-electron chi connectivity index (χ1n) is 15.5. The zero-order chi connectivity index (χ0) is 31.3. The fraction of sp³-hybridized carbons (Fsp3) is 0.417. The van der Waals surface area contributed by atoms with Crippen molar-refractivity contribution in [3.8, 4) is 11.1 Å². The standard InChI is InChI=1S/C36H44N2O5S.Li/c1-26-11-9-10-16-30(26)32-23-27(17-18-31(32)34(39)37-33(35(40)41)20-22-44-2)19-21-38(24-28-12-5-3-6-13-28)36(42)43-25-29-14-7-4-8-15-29;/h4,7-11,14-18,23,28,33H,3,5-6,12-13,19-22,24-25H2,1-2H3,(H,37,39)(H,40,41);/q;+1/p-1/t33-;/m0./s1. The Morgan fingerprint density at radius 3 is 2.36 bits per heavy atom. The van der Waals surface area contributed by atoms with Crippen LogP contribution < -0.4 is 29.3 Å². The average Bonchev–Trinajstić information content (AvgIpc) is 3.04. The van der Waals surface area contributed by atoms with Gasteiger partial charge in [0.1, 0.15) is 6.61 Å². The number of carboxylic acids is 1. The van der Waals surface area contributed by atoms with E-state index in [4.69, 9.17) is 4.74 Å². The van der Waals surface area contributed by atoms with Crippen LogP contribution in [0.15, 0.2) is 72.8 Å². The van der Waals surface area contributed by atoms with E-state index >= 15 is 0 Å². The number of carbonyl (C=O) groups is 3. The van der Waals surface area contributed by atoms with Gasteiger partial charge in [-0.15, -0.1) is 0 Å². The van der Waals surface area contributed by atoms with Crippen LogP contribution in [0.1, 0.15) is 65.6 Å². The minimum atomic E-state index is -1.29. The third-order valence-corrected chi connectivity index (χ3v) is 8.95. The third-order valence-electron chi connectivity index (χ3n) is 8.30. The molecule has 234 valence electrons. The summed E-state index contributed by atoms with van der Waals surface area (Å²) in [6.07, 6.45) is 8.32. The van der Waals surface area contributed by atoms with Gasteiger partial charge in [-0.05, 0) is 84.4 Å². The van der Waals surface area contributed by atoms with Crippen molar-refractivity contribution in [2.24, 2.45) is 5.92 Å². The van der Waals surface area contributed by atoms with Gasteiger partial charge in [0.15, 0.2) is 0 Å². The Labute approximate surface area is 283 Å². The summed E-state index contributed by atoms with van der Waals surface area (Å²) in [4.78, 5) is 40.3. The first-order valence-corrected chi connectivity index (χ1v) is 16.9. The van der Waals surface area contributed by atoms with E-state index in [0.29, 0.717) is 36.7 Å². The number of nitrogens with zero attached hydrogens (tertiary/aromatic N) is 1. The molecule has 45 heavy (non-hydrogen) atoms. The molecule has 2 amide bonds. The molecule has 1 aliphatic rings. The second kappa shape index (κ2) is 18.7. The van der Waals surface area contributed by atoms with Crippen molar-refractivity contribution < 1.29 is 43.1 Å². The number of benzene rings is 3. The summed E-state index contributed by atoms with van der Waals surface area (Å²) in [6, 6.07) is 22.1. The van der Waals surface area contributed by atoms with E-state index < -0.39 is 17.9 Å². The number of nitrogens with one attached hydrogen (secondary N) is 1. The van der Waals surface area contributed by atoms with Crippen LogP contribution in [-0.4, -0.2) is 54.0 Å². The van der Waals surface area contributed by atoms with Crippen molar-refractivity contribution in [1.29, 1.82) is 0 Å². The molecule has 0 saturated heterocycles. The quantitative estimate of drug-likeness (QED) is 0.278. The zero-order valence-electron chi connectivity index (χ0n) is 26.8. The van der Waals surface area contributed by atoms with Gasteiger partial charge >= 0.3 is 25.0 Å². The molecule has 7 nitrogen and oxygen atoms in total. The van der Waals surface area contributed by atoms with Gasteiger partial charge in [0.05, 0.1) is 12.0 Å². The van der Waals surface area contributed by atoms with Gasteiger partial charge in [-0.2, -0.15) is 11.8 Å². The largest absolute Gasteiger partial charge is 1.00 e. The fourth-order valence-electron chi connectivity index (χ4n) is 5.78. The summed E-state index contributed by atoms with van der Waals surface area (Å²) in [5, 5.41) is 14.4. The summed E-state index contributed by atoms with van der Waals surface area (Å²) in [6.45, 7) is 3.37. The molecule has 1 N–H and O–H groups in total. The molecule has 1 fully saturated rings. The molecule has 3 aromatic carbocycles. The van der Waals surface area contributed by atoms with Crippen LogP contribution in [0.4, 0.5) is 4.79 Å². The van der Waals surface area contributed by atoms with E-state index in [-0.39, 0.29) is 38.0 Å². The molecule has 1 aliphatic carbocycles. The van der Waals surface area contributed by atoms with Crippen LogP contribution in [0.25, 0.3) is 11.1 Å². The molecular weight excluding hydrogens is 579 g/mol. The van der Waals surface area contributed by atoms with Gasteiger partial charge in [-0.25, -0.2) is 4.79 Å². The molecule has 0 heterocycles. The number of aryl methyl sites for hydroxylation is 1. The van der Waals surface area contributed by atoms with Gasteiger partial charge in [-0.1, -0.05) is 86.0 Å². The van der Waals surface area contributed by atoms with E-state index in [9.17, 15) is 19.5 Å². The van der Waals surface area contributed by atoms with Gasteiger partial charge < -0.3 is 24.9 Å². The predicted octanol–water partition coefficient (Wildman–Crippen LogP) is 3.03. The normalized spacial score (nSPS) is 13.7. The zero-order valence-corrected chi connectivity index (χ0v) is 27.6. The number of rotatable bonds is 14. The maximum absolute atomic E-state index is 13.4.